The van der Waals surface area contributed by atoms with Crippen LogP contribution in [0, 0.1) is 0 Å². The molecule has 1 heterocycles. The Morgan fingerprint density at radius 2 is 2.00 bits per heavy atom. The zero-order chi connectivity index (χ0) is 9.10. The number of anilines is 1. The summed E-state index contributed by atoms with van der Waals surface area (Å²) in [6.45, 7) is 1.46. The van der Waals surface area contributed by atoms with Crippen LogP contribution in [0.15, 0.2) is 18.2 Å². The van der Waals surface area contributed by atoms with Gasteiger partial charge >= 0.3 is 0 Å². The van der Waals surface area contributed by atoms with Gasteiger partial charge in [-0.2, -0.15) is 0 Å². The number of halogens is 1. The van der Waals surface area contributed by atoms with Crippen LogP contribution in [-0.4, -0.2) is 20.3 Å². The van der Waals surface area contributed by atoms with Crippen molar-refractivity contribution in [1.29, 1.82) is 0 Å². The number of hydrogen-bond donors (Lipinski definition) is 1. The van der Waals surface area contributed by atoms with E-state index < -0.39 is 0 Å². The van der Waals surface area contributed by atoms with Gasteiger partial charge in [-0.25, -0.2) is 0 Å². The van der Waals surface area contributed by atoms with Gasteiger partial charge in [-0.15, -0.1) is 12.4 Å². The highest BCUT2D eigenvalue weighted by Gasteiger charge is 2.12. The van der Waals surface area contributed by atoms with Crippen LogP contribution in [0.3, 0.4) is 0 Å². The monoisotopic (exact) mass is 215 g/mol. The largest absolute Gasteiger partial charge is 0.489 e. The second kappa shape index (κ2) is 4.96. The number of fused-ring (bicyclic) bond motifs is 1. The molecule has 0 saturated carbocycles. The summed E-state index contributed by atoms with van der Waals surface area (Å²) >= 11 is 0. The van der Waals surface area contributed by atoms with Crippen LogP contribution in [0.2, 0.25) is 0 Å². The average Bonchev–Trinajstić information content (AvgIpc) is 2.41. The third kappa shape index (κ3) is 2.04. The van der Waals surface area contributed by atoms with Gasteiger partial charge in [0.15, 0.2) is 11.5 Å². The molecular weight excluding hydrogens is 202 g/mol. The lowest BCUT2D eigenvalue weighted by Gasteiger charge is -2.11. The standard InChI is InChI=1S/C10H13NO2.ClH/c1-11-8-4-2-5-9-10(8)13-7-3-6-12-9;/h2,4-5,11H,3,6-7H2,1H3;1H. The highest BCUT2D eigenvalue weighted by molar-refractivity contribution is 5.85. The molecule has 0 aromatic heterocycles. The van der Waals surface area contributed by atoms with Crippen molar-refractivity contribution in [3.05, 3.63) is 18.2 Å². The number of nitrogens with one attached hydrogen (secondary N) is 1. The summed E-state index contributed by atoms with van der Waals surface area (Å²) in [6.07, 6.45) is 0.942. The molecule has 0 fully saturated rings. The predicted octanol–water partition coefficient (Wildman–Crippen LogP) is 2.31. The van der Waals surface area contributed by atoms with Gasteiger partial charge in [0, 0.05) is 13.5 Å². The molecule has 0 amide bonds. The van der Waals surface area contributed by atoms with Crippen LogP contribution in [0.1, 0.15) is 6.42 Å². The van der Waals surface area contributed by atoms with Gasteiger partial charge in [-0.05, 0) is 12.1 Å². The quantitative estimate of drug-likeness (QED) is 0.780. The van der Waals surface area contributed by atoms with Crippen molar-refractivity contribution < 1.29 is 9.47 Å². The van der Waals surface area contributed by atoms with Gasteiger partial charge in [0.25, 0.3) is 0 Å². The Morgan fingerprint density at radius 3 is 2.79 bits per heavy atom. The summed E-state index contributed by atoms with van der Waals surface area (Å²) in [5.74, 6) is 1.67. The van der Waals surface area contributed by atoms with Crippen LogP contribution in [0.4, 0.5) is 5.69 Å². The molecular formula is C10H14ClNO2. The molecule has 3 nitrogen and oxygen atoms in total. The summed E-state index contributed by atoms with van der Waals surface area (Å²) in [4.78, 5) is 0. The predicted molar refractivity (Wildman–Crippen MR) is 58.8 cm³/mol. The lowest BCUT2D eigenvalue weighted by Crippen LogP contribution is -1.98. The molecule has 2 rings (SSSR count). The minimum absolute atomic E-state index is 0. The summed E-state index contributed by atoms with van der Waals surface area (Å²) in [6, 6.07) is 5.87. The number of hydrogen-bond acceptors (Lipinski definition) is 3. The topological polar surface area (TPSA) is 30.5 Å². The first-order valence-corrected chi connectivity index (χ1v) is 4.48. The molecule has 1 aromatic carbocycles. The lowest BCUT2D eigenvalue weighted by atomic mass is 10.2. The molecule has 0 atom stereocenters. The molecule has 78 valence electrons. The van der Waals surface area contributed by atoms with E-state index >= 15 is 0 Å². The first-order chi connectivity index (χ1) is 6.42. The van der Waals surface area contributed by atoms with E-state index in [0.29, 0.717) is 0 Å². The summed E-state index contributed by atoms with van der Waals surface area (Å²) in [5, 5.41) is 3.08. The highest BCUT2D eigenvalue weighted by atomic mass is 35.5. The molecule has 1 aliphatic heterocycles. The SMILES string of the molecule is CNc1cccc2c1OCCCO2.Cl. The van der Waals surface area contributed by atoms with Crippen molar-refractivity contribution in [3.63, 3.8) is 0 Å². The van der Waals surface area contributed by atoms with Crippen molar-refractivity contribution in [3.8, 4) is 11.5 Å². The third-order valence-corrected chi connectivity index (χ3v) is 2.04. The van der Waals surface area contributed by atoms with Crippen molar-refractivity contribution >= 4 is 18.1 Å². The maximum absolute atomic E-state index is 5.58. The summed E-state index contributed by atoms with van der Waals surface area (Å²) in [5.41, 5.74) is 0.986. The number of ether oxygens (including phenoxy) is 2. The van der Waals surface area contributed by atoms with E-state index in [1.807, 2.05) is 25.2 Å². The Labute approximate surface area is 89.8 Å². The van der Waals surface area contributed by atoms with Gasteiger partial charge in [-0.1, -0.05) is 6.07 Å². The molecule has 0 bridgehead atoms. The van der Waals surface area contributed by atoms with Gasteiger partial charge in [0.2, 0.25) is 0 Å². The second-order valence-electron chi connectivity index (χ2n) is 2.93. The van der Waals surface area contributed by atoms with Crippen LogP contribution in [-0.2, 0) is 0 Å². The molecule has 0 radical (unpaired) electrons. The van der Waals surface area contributed by atoms with E-state index in [1.54, 1.807) is 0 Å². The Hall–Kier alpha value is -1.09. The third-order valence-electron chi connectivity index (χ3n) is 2.04. The van der Waals surface area contributed by atoms with Crippen molar-refractivity contribution in [2.75, 3.05) is 25.6 Å². The number of benzene rings is 1. The number of para-hydroxylation sites is 1. The fourth-order valence-electron chi connectivity index (χ4n) is 1.39. The first kappa shape index (κ1) is 11.0. The van der Waals surface area contributed by atoms with Crippen LogP contribution in [0.5, 0.6) is 11.5 Å². The molecule has 4 heteroatoms. The van der Waals surface area contributed by atoms with Gasteiger partial charge in [0.1, 0.15) is 0 Å². The Balaban J connectivity index is 0.000000980. The first-order valence-electron chi connectivity index (χ1n) is 4.48. The Kier molecular flexibility index (Phi) is 3.89. The maximum atomic E-state index is 5.58. The van der Waals surface area contributed by atoms with Crippen molar-refractivity contribution in [2.45, 2.75) is 6.42 Å². The van der Waals surface area contributed by atoms with Crippen LogP contribution in [0.25, 0.3) is 0 Å². The van der Waals surface area contributed by atoms with Crippen molar-refractivity contribution in [2.24, 2.45) is 0 Å². The minimum Gasteiger partial charge on any atom is -0.489 e. The Morgan fingerprint density at radius 1 is 1.21 bits per heavy atom. The molecule has 1 aliphatic rings. The van der Waals surface area contributed by atoms with E-state index in [0.717, 1.165) is 36.8 Å². The highest BCUT2D eigenvalue weighted by Crippen LogP contribution is 2.36. The molecule has 1 N–H and O–H groups in total. The van der Waals surface area contributed by atoms with E-state index in [9.17, 15) is 0 Å². The number of rotatable bonds is 1. The molecule has 1 aromatic rings. The van der Waals surface area contributed by atoms with Gasteiger partial charge < -0.3 is 14.8 Å². The van der Waals surface area contributed by atoms with E-state index in [1.165, 1.54) is 0 Å². The normalized spacial score (nSPS) is 13.8. The summed E-state index contributed by atoms with van der Waals surface area (Å²) in [7, 11) is 1.88. The molecule has 0 aliphatic carbocycles. The van der Waals surface area contributed by atoms with E-state index in [4.69, 9.17) is 9.47 Å². The summed E-state index contributed by atoms with van der Waals surface area (Å²) < 4.78 is 11.1. The van der Waals surface area contributed by atoms with Crippen LogP contribution >= 0.6 is 12.4 Å². The smallest absolute Gasteiger partial charge is 0.184 e. The average molecular weight is 216 g/mol. The second-order valence-corrected chi connectivity index (χ2v) is 2.93. The fourth-order valence-corrected chi connectivity index (χ4v) is 1.39. The molecule has 0 saturated heterocycles. The minimum atomic E-state index is 0. The Bertz CT molecular complexity index is 304. The zero-order valence-electron chi connectivity index (χ0n) is 8.08. The fraction of sp³-hybridized carbons (Fsp3) is 0.400. The zero-order valence-corrected chi connectivity index (χ0v) is 8.89. The van der Waals surface area contributed by atoms with Crippen LogP contribution < -0.4 is 14.8 Å². The maximum Gasteiger partial charge on any atom is 0.184 e. The molecule has 0 unspecified atom stereocenters. The van der Waals surface area contributed by atoms with E-state index in [2.05, 4.69) is 5.32 Å². The molecule has 14 heavy (non-hydrogen) atoms. The van der Waals surface area contributed by atoms with Gasteiger partial charge in [0.05, 0.1) is 18.9 Å². The lowest BCUT2D eigenvalue weighted by molar-refractivity contribution is 0.297. The van der Waals surface area contributed by atoms with Crippen molar-refractivity contribution in [1.82, 2.24) is 0 Å². The van der Waals surface area contributed by atoms with Gasteiger partial charge in [-0.3, -0.25) is 0 Å². The molecule has 0 spiro atoms. The van der Waals surface area contributed by atoms with E-state index in [-0.39, 0.29) is 12.4 Å².